The lowest BCUT2D eigenvalue weighted by Crippen LogP contribution is -2.57. The summed E-state index contributed by atoms with van der Waals surface area (Å²) in [4.78, 5) is 49.4. The van der Waals surface area contributed by atoms with Gasteiger partial charge in [-0.05, 0) is 33.2 Å². The predicted octanol–water partition coefficient (Wildman–Crippen LogP) is -0.629. The second-order valence-corrected chi connectivity index (χ2v) is 6.75. The molecule has 1 aliphatic heterocycles. The molecule has 0 atom stereocenters. The molecule has 0 spiro atoms. The lowest BCUT2D eigenvalue weighted by molar-refractivity contribution is -0.140. The van der Waals surface area contributed by atoms with E-state index in [2.05, 4.69) is 10.6 Å². The van der Waals surface area contributed by atoms with E-state index in [0.29, 0.717) is 19.4 Å². The smallest absolute Gasteiger partial charge is 0.325 e. The van der Waals surface area contributed by atoms with E-state index < -0.39 is 23.4 Å². The molecular weight excluding hydrogens is 316 g/mol. The summed E-state index contributed by atoms with van der Waals surface area (Å²) in [6.45, 7) is 5.53. The number of carbonyl (C=O) groups is 4. The van der Waals surface area contributed by atoms with Gasteiger partial charge in [0.1, 0.15) is 12.1 Å². The first kappa shape index (κ1) is 18.2. The van der Waals surface area contributed by atoms with Crippen molar-refractivity contribution in [1.29, 1.82) is 0 Å². The van der Waals surface area contributed by atoms with E-state index >= 15 is 0 Å². The summed E-state index contributed by atoms with van der Waals surface area (Å²) in [5.74, 6) is -1.61. The molecule has 2 aliphatic rings. The third-order valence-corrected chi connectivity index (χ3v) is 4.74. The van der Waals surface area contributed by atoms with E-state index in [9.17, 15) is 19.2 Å². The summed E-state index contributed by atoms with van der Waals surface area (Å²) in [6, 6.07) is -0.454. The number of rotatable bonds is 7. The number of urea groups is 1. The number of likely N-dealkylation sites (N-methyl/N-ethyl adjacent to an activating group) is 1. The monoisotopic (exact) mass is 340 g/mol. The molecule has 134 valence electrons. The maximum absolute atomic E-state index is 12.1. The summed E-state index contributed by atoms with van der Waals surface area (Å²) in [6.07, 6.45) is 1.36. The van der Waals surface area contributed by atoms with E-state index in [1.54, 1.807) is 13.8 Å². The molecule has 2 rings (SSSR count). The molecule has 0 aromatic heterocycles. The van der Waals surface area contributed by atoms with Gasteiger partial charge < -0.3 is 15.3 Å². The van der Waals surface area contributed by atoms with Crippen molar-refractivity contribution in [2.24, 2.45) is 0 Å². The number of nitrogens with one attached hydrogen (secondary N) is 2. The topological polar surface area (TPSA) is 119 Å². The van der Waals surface area contributed by atoms with Crippen molar-refractivity contribution >= 4 is 23.8 Å². The number of aliphatic carboxylic acids is 1. The number of imide groups is 1. The molecule has 0 bridgehead atoms. The molecule has 0 aromatic carbocycles. The van der Waals surface area contributed by atoms with Gasteiger partial charge in [0.2, 0.25) is 5.91 Å². The fraction of sp³-hybridized carbons (Fsp3) is 0.733. The summed E-state index contributed by atoms with van der Waals surface area (Å²) in [5.41, 5.74) is -1.04. The summed E-state index contributed by atoms with van der Waals surface area (Å²) in [5, 5.41) is 13.9. The lowest BCUT2D eigenvalue weighted by atomic mass is 9.85. The van der Waals surface area contributed by atoms with Crippen LogP contribution in [0.1, 0.15) is 33.6 Å². The van der Waals surface area contributed by atoms with Gasteiger partial charge in [0.15, 0.2) is 0 Å². The summed E-state index contributed by atoms with van der Waals surface area (Å²) >= 11 is 0. The van der Waals surface area contributed by atoms with Crippen LogP contribution in [-0.2, 0) is 14.4 Å². The van der Waals surface area contributed by atoms with Crippen LogP contribution in [-0.4, -0.2) is 76.0 Å². The molecule has 24 heavy (non-hydrogen) atoms. The van der Waals surface area contributed by atoms with E-state index in [1.807, 2.05) is 11.8 Å². The first-order chi connectivity index (χ1) is 11.1. The van der Waals surface area contributed by atoms with Gasteiger partial charge in [-0.15, -0.1) is 0 Å². The van der Waals surface area contributed by atoms with E-state index in [1.165, 1.54) is 4.90 Å². The number of nitrogens with zero attached hydrogens (tertiary/aromatic N) is 2. The number of hydrogen-bond acceptors (Lipinski definition) is 5. The Morgan fingerprint density at radius 1 is 1.38 bits per heavy atom. The Morgan fingerprint density at radius 2 is 2.00 bits per heavy atom. The molecule has 0 radical (unpaired) electrons. The molecular formula is C15H24N4O5. The second-order valence-electron chi connectivity index (χ2n) is 6.75. The second kappa shape index (κ2) is 6.76. The van der Waals surface area contributed by atoms with Crippen LogP contribution in [0.25, 0.3) is 0 Å². The van der Waals surface area contributed by atoms with Crippen LogP contribution in [0.5, 0.6) is 0 Å². The minimum Gasteiger partial charge on any atom is -0.480 e. The van der Waals surface area contributed by atoms with Gasteiger partial charge in [-0.1, -0.05) is 6.92 Å². The Bertz CT molecular complexity index is 556. The molecule has 1 heterocycles. The molecule has 9 nitrogen and oxygen atoms in total. The van der Waals surface area contributed by atoms with Crippen LogP contribution < -0.4 is 10.6 Å². The number of amides is 4. The number of hydrogen-bond donors (Lipinski definition) is 3. The molecule has 3 N–H and O–H groups in total. The standard InChI is InChI=1S/C15H24N4O5/c1-4-18(8-12(21)22)10-5-9(6-10)16-11(20)7-19-14(24)17-13(23)15(19,2)3/h9-10H,4-8H2,1-3H3,(H,16,20)(H,21,22)(H,17,23,24). The first-order valence-corrected chi connectivity index (χ1v) is 8.03. The molecule has 2 fully saturated rings. The minimum absolute atomic E-state index is 0.00785. The van der Waals surface area contributed by atoms with Crippen LogP contribution in [0.4, 0.5) is 4.79 Å². The Balaban J connectivity index is 1.80. The van der Waals surface area contributed by atoms with E-state index in [-0.39, 0.29) is 31.1 Å². The fourth-order valence-electron chi connectivity index (χ4n) is 3.06. The first-order valence-electron chi connectivity index (χ1n) is 8.03. The SMILES string of the molecule is CCN(CC(=O)O)C1CC(NC(=O)CN2C(=O)NC(=O)C2(C)C)C1. The van der Waals surface area contributed by atoms with Gasteiger partial charge in [-0.25, -0.2) is 4.79 Å². The highest BCUT2D eigenvalue weighted by atomic mass is 16.4. The molecule has 0 aromatic rings. The van der Waals surface area contributed by atoms with Gasteiger partial charge in [-0.2, -0.15) is 0 Å². The highest BCUT2D eigenvalue weighted by Crippen LogP contribution is 2.26. The summed E-state index contributed by atoms with van der Waals surface area (Å²) < 4.78 is 0. The van der Waals surface area contributed by atoms with Gasteiger partial charge in [0.25, 0.3) is 5.91 Å². The Kier molecular flexibility index (Phi) is 5.12. The van der Waals surface area contributed by atoms with E-state index in [4.69, 9.17) is 5.11 Å². The molecule has 4 amide bonds. The zero-order chi connectivity index (χ0) is 18.1. The van der Waals surface area contributed by atoms with Gasteiger partial charge in [0.05, 0.1) is 6.54 Å². The van der Waals surface area contributed by atoms with Gasteiger partial charge in [0, 0.05) is 12.1 Å². The molecule has 0 unspecified atom stereocenters. The van der Waals surface area contributed by atoms with Crippen molar-refractivity contribution in [2.75, 3.05) is 19.6 Å². The average molecular weight is 340 g/mol. The third kappa shape index (κ3) is 3.66. The van der Waals surface area contributed by atoms with Gasteiger partial charge >= 0.3 is 12.0 Å². The highest BCUT2D eigenvalue weighted by molar-refractivity contribution is 6.07. The van der Waals surface area contributed by atoms with Crippen molar-refractivity contribution < 1.29 is 24.3 Å². The number of carboxylic acids is 1. The Labute approximate surface area is 140 Å². The summed E-state index contributed by atoms with van der Waals surface area (Å²) in [7, 11) is 0. The maximum atomic E-state index is 12.1. The maximum Gasteiger partial charge on any atom is 0.325 e. The van der Waals surface area contributed by atoms with Gasteiger partial charge in [-0.3, -0.25) is 24.6 Å². The van der Waals surface area contributed by atoms with Crippen molar-refractivity contribution in [3.8, 4) is 0 Å². The van der Waals surface area contributed by atoms with Crippen LogP contribution in [0.3, 0.4) is 0 Å². The predicted molar refractivity (Wildman–Crippen MR) is 84.2 cm³/mol. The number of carboxylic acid groups (broad SMARTS) is 1. The van der Waals surface area contributed by atoms with Crippen molar-refractivity contribution in [3.05, 3.63) is 0 Å². The minimum atomic E-state index is -1.04. The average Bonchev–Trinajstić information content (AvgIpc) is 2.62. The highest BCUT2D eigenvalue weighted by Gasteiger charge is 2.46. The zero-order valence-corrected chi connectivity index (χ0v) is 14.2. The van der Waals surface area contributed by atoms with E-state index in [0.717, 1.165) is 0 Å². The zero-order valence-electron chi connectivity index (χ0n) is 14.2. The third-order valence-electron chi connectivity index (χ3n) is 4.74. The normalized spacial score (nSPS) is 25.4. The van der Waals surface area contributed by atoms with Crippen molar-refractivity contribution in [2.45, 2.75) is 51.2 Å². The quantitative estimate of drug-likeness (QED) is 0.531. The van der Waals surface area contributed by atoms with Crippen molar-refractivity contribution in [3.63, 3.8) is 0 Å². The Morgan fingerprint density at radius 3 is 2.46 bits per heavy atom. The van der Waals surface area contributed by atoms with Crippen LogP contribution in [0.15, 0.2) is 0 Å². The lowest BCUT2D eigenvalue weighted by Gasteiger charge is -2.42. The Hall–Kier alpha value is -2.16. The van der Waals surface area contributed by atoms with Crippen LogP contribution >= 0.6 is 0 Å². The van der Waals surface area contributed by atoms with Crippen LogP contribution in [0, 0.1) is 0 Å². The fourth-order valence-corrected chi connectivity index (χ4v) is 3.06. The number of carbonyl (C=O) groups excluding carboxylic acids is 3. The molecule has 1 saturated heterocycles. The molecule has 1 aliphatic carbocycles. The molecule has 1 saturated carbocycles. The van der Waals surface area contributed by atoms with Crippen molar-refractivity contribution in [1.82, 2.24) is 20.4 Å². The largest absolute Gasteiger partial charge is 0.480 e. The van der Waals surface area contributed by atoms with Crippen LogP contribution in [0.2, 0.25) is 0 Å². The molecule has 9 heteroatoms.